The molecule has 2 aromatic carbocycles. The standard InChI is InChI=1S/C25H32N2O4/c1-5-6-13-26-24(28)22-16-27(25(29)18-9-7-17(2)8-10-18)15-21(22)20-12-11-19(30-3)14-23(20)31-4/h7-12,14,21-22H,5-6,13,15-16H2,1-4H3,(H,26,28). The number of ether oxygens (including phenoxy) is 2. The van der Waals surface area contributed by atoms with Crippen molar-refractivity contribution in [3.63, 3.8) is 0 Å². The fourth-order valence-corrected chi connectivity index (χ4v) is 4.07. The topological polar surface area (TPSA) is 67.9 Å². The Morgan fingerprint density at radius 2 is 1.81 bits per heavy atom. The Hall–Kier alpha value is -3.02. The van der Waals surface area contributed by atoms with E-state index in [0.29, 0.717) is 36.7 Å². The summed E-state index contributed by atoms with van der Waals surface area (Å²) in [6.07, 6.45) is 1.94. The van der Waals surface area contributed by atoms with Crippen molar-refractivity contribution in [3.05, 3.63) is 59.2 Å². The highest BCUT2D eigenvalue weighted by Crippen LogP contribution is 2.39. The molecule has 166 valence electrons. The van der Waals surface area contributed by atoms with Gasteiger partial charge >= 0.3 is 0 Å². The number of rotatable bonds is 8. The van der Waals surface area contributed by atoms with Crippen molar-refractivity contribution in [2.24, 2.45) is 5.92 Å². The van der Waals surface area contributed by atoms with Crippen LogP contribution in [0.5, 0.6) is 11.5 Å². The highest BCUT2D eigenvalue weighted by Gasteiger charge is 2.41. The quantitative estimate of drug-likeness (QED) is 0.655. The minimum atomic E-state index is -0.339. The van der Waals surface area contributed by atoms with Gasteiger partial charge in [-0.3, -0.25) is 9.59 Å². The molecule has 0 aromatic heterocycles. The van der Waals surface area contributed by atoms with Crippen LogP contribution in [0.25, 0.3) is 0 Å². The van der Waals surface area contributed by atoms with Gasteiger partial charge in [-0.25, -0.2) is 0 Å². The number of aryl methyl sites for hydroxylation is 1. The number of nitrogens with one attached hydrogen (secondary N) is 1. The monoisotopic (exact) mass is 424 g/mol. The Morgan fingerprint density at radius 1 is 1.06 bits per heavy atom. The number of benzene rings is 2. The van der Waals surface area contributed by atoms with Gasteiger partial charge in [-0.1, -0.05) is 37.1 Å². The van der Waals surface area contributed by atoms with Crippen molar-refractivity contribution in [2.75, 3.05) is 33.9 Å². The van der Waals surface area contributed by atoms with E-state index in [0.717, 1.165) is 24.0 Å². The van der Waals surface area contributed by atoms with Crippen molar-refractivity contribution < 1.29 is 19.1 Å². The van der Waals surface area contributed by atoms with Gasteiger partial charge in [-0.15, -0.1) is 0 Å². The Bertz CT molecular complexity index is 910. The van der Waals surface area contributed by atoms with Crippen molar-refractivity contribution in [3.8, 4) is 11.5 Å². The second-order valence-corrected chi connectivity index (χ2v) is 8.04. The molecule has 1 aliphatic heterocycles. The van der Waals surface area contributed by atoms with E-state index in [1.807, 2.05) is 49.4 Å². The highest BCUT2D eigenvalue weighted by molar-refractivity contribution is 5.95. The molecule has 0 aliphatic carbocycles. The molecular weight excluding hydrogens is 392 g/mol. The van der Waals surface area contributed by atoms with Crippen molar-refractivity contribution >= 4 is 11.8 Å². The van der Waals surface area contributed by atoms with Crippen molar-refractivity contribution in [2.45, 2.75) is 32.6 Å². The maximum atomic E-state index is 13.2. The molecule has 0 bridgehead atoms. The van der Waals surface area contributed by atoms with Crippen LogP contribution >= 0.6 is 0 Å². The first-order valence-corrected chi connectivity index (χ1v) is 10.8. The predicted molar refractivity (Wildman–Crippen MR) is 121 cm³/mol. The zero-order valence-corrected chi connectivity index (χ0v) is 18.8. The zero-order valence-electron chi connectivity index (χ0n) is 18.8. The summed E-state index contributed by atoms with van der Waals surface area (Å²) in [5.41, 5.74) is 2.66. The van der Waals surface area contributed by atoms with E-state index in [1.54, 1.807) is 19.1 Å². The van der Waals surface area contributed by atoms with E-state index in [4.69, 9.17) is 9.47 Å². The normalized spacial score (nSPS) is 18.0. The Labute approximate surface area is 184 Å². The summed E-state index contributed by atoms with van der Waals surface area (Å²) >= 11 is 0. The van der Waals surface area contributed by atoms with E-state index >= 15 is 0 Å². The van der Waals surface area contributed by atoms with Crippen LogP contribution in [0.15, 0.2) is 42.5 Å². The molecule has 1 aliphatic rings. The second kappa shape index (κ2) is 10.3. The smallest absolute Gasteiger partial charge is 0.253 e. The summed E-state index contributed by atoms with van der Waals surface area (Å²) < 4.78 is 10.9. The number of methoxy groups -OCH3 is 2. The number of carbonyl (C=O) groups is 2. The fraction of sp³-hybridized carbons (Fsp3) is 0.440. The SMILES string of the molecule is CCCCNC(=O)C1CN(C(=O)c2ccc(C)cc2)CC1c1ccc(OC)cc1OC. The Balaban J connectivity index is 1.89. The molecule has 2 aromatic rings. The van der Waals surface area contributed by atoms with Gasteiger partial charge in [-0.05, 0) is 31.5 Å². The molecule has 1 fully saturated rings. The zero-order chi connectivity index (χ0) is 22.4. The number of likely N-dealkylation sites (tertiary alicyclic amines) is 1. The van der Waals surface area contributed by atoms with Crippen LogP contribution in [0.3, 0.4) is 0 Å². The number of carbonyl (C=O) groups excluding carboxylic acids is 2. The van der Waals surface area contributed by atoms with Gasteiger partial charge < -0.3 is 19.7 Å². The molecule has 1 saturated heterocycles. The van der Waals surface area contributed by atoms with E-state index in [2.05, 4.69) is 12.2 Å². The molecular formula is C25H32N2O4. The molecule has 0 spiro atoms. The van der Waals surface area contributed by atoms with E-state index in [-0.39, 0.29) is 23.7 Å². The minimum absolute atomic E-state index is 0.0180. The summed E-state index contributed by atoms with van der Waals surface area (Å²) in [7, 11) is 3.22. The third-order valence-corrected chi connectivity index (χ3v) is 5.91. The number of nitrogens with zero attached hydrogens (tertiary/aromatic N) is 1. The Morgan fingerprint density at radius 3 is 2.45 bits per heavy atom. The van der Waals surface area contributed by atoms with Gasteiger partial charge in [0.25, 0.3) is 5.91 Å². The van der Waals surface area contributed by atoms with E-state index < -0.39 is 0 Å². The lowest BCUT2D eigenvalue weighted by atomic mass is 9.87. The molecule has 0 radical (unpaired) electrons. The van der Waals surface area contributed by atoms with E-state index in [1.165, 1.54) is 0 Å². The van der Waals surface area contributed by atoms with Crippen LogP contribution in [-0.2, 0) is 4.79 Å². The first-order chi connectivity index (χ1) is 15.0. The average Bonchev–Trinajstić information content (AvgIpc) is 3.24. The number of hydrogen-bond donors (Lipinski definition) is 1. The van der Waals surface area contributed by atoms with Gasteiger partial charge in [0.1, 0.15) is 11.5 Å². The summed E-state index contributed by atoms with van der Waals surface area (Å²) in [6.45, 7) is 5.57. The lowest BCUT2D eigenvalue weighted by molar-refractivity contribution is -0.124. The van der Waals surface area contributed by atoms with Gasteiger partial charge in [0.05, 0.1) is 20.1 Å². The number of hydrogen-bond acceptors (Lipinski definition) is 4. The average molecular weight is 425 g/mol. The maximum Gasteiger partial charge on any atom is 0.253 e. The summed E-state index contributed by atoms with van der Waals surface area (Å²) in [5.74, 6) is 0.790. The molecule has 1 heterocycles. The highest BCUT2D eigenvalue weighted by atomic mass is 16.5. The fourth-order valence-electron chi connectivity index (χ4n) is 4.07. The second-order valence-electron chi connectivity index (χ2n) is 8.04. The molecule has 2 unspecified atom stereocenters. The van der Waals surface area contributed by atoms with Gasteiger partial charge in [0.15, 0.2) is 0 Å². The predicted octanol–water partition coefficient (Wildman–Crippen LogP) is 3.78. The van der Waals surface area contributed by atoms with Gasteiger partial charge in [0.2, 0.25) is 5.91 Å². The Kier molecular flexibility index (Phi) is 7.55. The first kappa shape index (κ1) is 22.7. The van der Waals surface area contributed by atoms with E-state index in [9.17, 15) is 9.59 Å². The molecule has 3 rings (SSSR count). The van der Waals surface area contributed by atoms with Crippen LogP contribution in [0.4, 0.5) is 0 Å². The molecule has 2 amide bonds. The molecule has 1 N–H and O–H groups in total. The molecule has 2 atom stereocenters. The lowest BCUT2D eigenvalue weighted by Gasteiger charge is -2.21. The minimum Gasteiger partial charge on any atom is -0.497 e. The molecule has 6 heteroatoms. The summed E-state index contributed by atoms with van der Waals surface area (Å²) in [5, 5.41) is 3.05. The van der Waals surface area contributed by atoms with Crippen molar-refractivity contribution in [1.29, 1.82) is 0 Å². The molecule has 31 heavy (non-hydrogen) atoms. The molecule has 6 nitrogen and oxygen atoms in total. The van der Waals surface area contributed by atoms with Crippen LogP contribution in [0.1, 0.15) is 47.2 Å². The van der Waals surface area contributed by atoms with Gasteiger partial charge in [-0.2, -0.15) is 0 Å². The first-order valence-electron chi connectivity index (χ1n) is 10.8. The van der Waals surface area contributed by atoms with Crippen LogP contribution in [0, 0.1) is 12.8 Å². The summed E-state index contributed by atoms with van der Waals surface area (Å²) in [4.78, 5) is 28.0. The maximum absolute atomic E-state index is 13.2. The number of unbranched alkanes of at least 4 members (excludes halogenated alkanes) is 1. The molecule has 0 saturated carbocycles. The number of amides is 2. The van der Waals surface area contributed by atoms with Crippen LogP contribution < -0.4 is 14.8 Å². The van der Waals surface area contributed by atoms with Crippen molar-refractivity contribution in [1.82, 2.24) is 10.2 Å². The van der Waals surface area contributed by atoms with Gasteiger partial charge in [0, 0.05) is 42.7 Å². The third-order valence-electron chi connectivity index (χ3n) is 5.91. The lowest BCUT2D eigenvalue weighted by Crippen LogP contribution is -2.36. The summed E-state index contributed by atoms with van der Waals surface area (Å²) in [6, 6.07) is 13.2. The van der Waals surface area contributed by atoms with Crippen LogP contribution in [0.2, 0.25) is 0 Å². The van der Waals surface area contributed by atoms with Crippen LogP contribution in [-0.4, -0.2) is 50.6 Å². The third kappa shape index (κ3) is 5.19. The largest absolute Gasteiger partial charge is 0.497 e.